The van der Waals surface area contributed by atoms with Gasteiger partial charge in [0.25, 0.3) is 0 Å². The number of methoxy groups -OCH3 is 1. The third kappa shape index (κ3) is 15.2. The first-order valence-electron chi connectivity index (χ1n) is 13.3. The number of amides is 2. The molecule has 0 fully saturated rings. The maximum absolute atomic E-state index is 12.0. The minimum Gasteiger partial charge on any atom is -0.479 e. The number of aldehydes is 1. The van der Waals surface area contributed by atoms with E-state index in [1.54, 1.807) is 6.07 Å². The number of rotatable bonds is 17. The van der Waals surface area contributed by atoms with E-state index in [9.17, 15) is 24.0 Å². The molecular weight excluding hydrogens is 550 g/mol. The van der Waals surface area contributed by atoms with Gasteiger partial charge in [-0.05, 0) is 42.5 Å². The predicted octanol–water partition coefficient (Wildman–Crippen LogP) is 1.94. The van der Waals surface area contributed by atoms with Crippen molar-refractivity contribution in [2.45, 2.75) is 51.1 Å². The van der Waals surface area contributed by atoms with Crippen LogP contribution in [-0.2, 0) is 36.8 Å². The summed E-state index contributed by atoms with van der Waals surface area (Å²) in [5, 5.41) is 22.7. The topological polar surface area (TPSA) is 204 Å². The van der Waals surface area contributed by atoms with Crippen LogP contribution in [0.1, 0.15) is 37.3 Å². The van der Waals surface area contributed by atoms with Gasteiger partial charge in [0.15, 0.2) is 24.7 Å². The molecule has 2 rings (SSSR count). The molecule has 2 aromatic rings. The van der Waals surface area contributed by atoms with Crippen molar-refractivity contribution < 1.29 is 48.4 Å². The monoisotopic (exact) mass is 589 g/mol. The van der Waals surface area contributed by atoms with Crippen LogP contribution in [0, 0.1) is 0 Å². The van der Waals surface area contributed by atoms with E-state index in [2.05, 4.69) is 22.3 Å². The Morgan fingerprint density at radius 2 is 1.55 bits per heavy atom. The van der Waals surface area contributed by atoms with Crippen molar-refractivity contribution in [1.82, 2.24) is 10.6 Å². The lowest BCUT2D eigenvalue weighted by Crippen LogP contribution is -2.42. The number of benzene rings is 2. The summed E-state index contributed by atoms with van der Waals surface area (Å²) >= 11 is 0. The van der Waals surface area contributed by atoms with Gasteiger partial charge in [-0.2, -0.15) is 0 Å². The maximum atomic E-state index is 12.0. The fourth-order valence-electron chi connectivity index (χ4n) is 3.47. The zero-order chi connectivity index (χ0) is 31.3. The van der Waals surface area contributed by atoms with E-state index in [-0.39, 0.29) is 23.8 Å². The van der Waals surface area contributed by atoms with E-state index in [0.717, 1.165) is 24.8 Å². The number of carboxylic acid groups (broad SMARTS) is 2. The fourth-order valence-corrected chi connectivity index (χ4v) is 3.47. The Kier molecular flexibility index (Phi) is 17.1. The molecule has 0 aliphatic rings. The van der Waals surface area contributed by atoms with Gasteiger partial charge in [-0.3, -0.25) is 4.79 Å². The van der Waals surface area contributed by atoms with Crippen molar-refractivity contribution in [1.29, 1.82) is 0 Å². The first-order chi connectivity index (χ1) is 20.1. The molecule has 0 saturated heterocycles. The van der Waals surface area contributed by atoms with Gasteiger partial charge in [0, 0.05) is 6.54 Å². The zero-order valence-corrected chi connectivity index (χ0v) is 23.7. The first kappa shape index (κ1) is 35.4. The van der Waals surface area contributed by atoms with Gasteiger partial charge >= 0.3 is 18.0 Å². The van der Waals surface area contributed by atoms with Crippen LogP contribution in [0.15, 0.2) is 48.5 Å². The Balaban J connectivity index is 0.000000495. The molecule has 2 atom stereocenters. The highest BCUT2D eigenvalue weighted by Crippen LogP contribution is 2.29. The molecule has 0 aliphatic heterocycles. The number of carboxylic acids is 2. The number of hydrogen-bond acceptors (Lipinski definition) is 9. The number of nitrogens with two attached hydrogens (primary N) is 1. The van der Waals surface area contributed by atoms with Gasteiger partial charge in [0.1, 0.15) is 6.29 Å². The van der Waals surface area contributed by atoms with E-state index >= 15 is 0 Å². The van der Waals surface area contributed by atoms with E-state index in [1.165, 1.54) is 19.2 Å². The average Bonchev–Trinajstić information content (AvgIpc) is 2.97. The summed E-state index contributed by atoms with van der Waals surface area (Å²) < 4.78 is 14.6. The van der Waals surface area contributed by atoms with Gasteiger partial charge < -0.3 is 45.6 Å². The molecule has 13 heteroatoms. The molecule has 0 radical (unpaired) electrons. The third-order valence-corrected chi connectivity index (χ3v) is 5.53. The molecule has 13 nitrogen and oxygen atoms in total. The highest BCUT2D eigenvalue weighted by Gasteiger charge is 2.16. The lowest BCUT2D eigenvalue weighted by atomic mass is 10.1. The molecule has 0 heterocycles. The summed E-state index contributed by atoms with van der Waals surface area (Å²) in [6, 6.07) is 12.7. The molecular formula is C29H39N3O10. The Labute approximate surface area is 244 Å². The fraction of sp³-hybridized carbons (Fsp3) is 0.414. The Hall–Kier alpha value is -4.65. The van der Waals surface area contributed by atoms with Gasteiger partial charge in [-0.15, -0.1) is 0 Å². The number of ether oxygens (including phenoxy) is 3. The minimum atomic E-state index is -1.19. The highest BCUT2D eigenvalue weighted by atomic mass is 16.5. The van der Waals surface area contributed by atoms with E-state index in [0.29, 0.717) is 24.8 Å². The van der Waals surface area contributed by atoms with Crippen LogP contribution in [-0.4, -0.2) is 79.4 Å². The van der Waals surface area contributed by atoms with Crippen molar-refractivity contribution in [2.75, 3.05) is 26.9 Å². The van der Waals surface area contributed by atoms with Gasteiger partial charge in [0.2, 0.25) is 5.91 Å². The molecule has 0 aliphatic carbocycles. The lowest BCUT2D eigenvalue weighted by molar-refractivity contribution is -0.140. The molecule has 230 valence electrons. The van der Waals surface area contributed by atoms with Crippen LogP contribution in [0.2, 0.25) is 0 Å². The molecule has 42 heavy (non-hydrogen) atoms. The predicted molar refractivity (Wildman–Crippen MR) is 152 cm³/mol. The Morgan fingerprint density at radius 3 is 2.12 bits per heavy atom. The first-order valence-corrected chi connectivity index (χ1v) is 13.3. The number of carbonyl (C=O) groups is 5. The second-order valence-electron chi connectivity index (χ2n) is 9.02. The summed E-state index contributed by atoms with van der Waals surface area (Å²) in [6.07, 6.45) is 3.75. The number of hydrogen-bond donors (Lipinski definition) is 5. The zero-order valence-electron chi connectivity index (χ0n) is 23.7. The third-order valence-electron chi connectivity index (χ3n) is 5.53. The number of carbonyl (C=O) groups excluding carboxylic acids is 3. The standard InChI is InChI=1S/C18H26N2O7.C11H13NO3/c1-2-3-4-7-20-18(25)13(19)8-12-5-6-14(26-10-16(21)22)15(9-12)27-11-17(23)24;1-15-11(14)12-10(8-13)7-9-5-3-2-4-6-9/h5-6,9,13H,2-4,7-8,10-11,19H2,1H3,(H,20,25)(H,21,22)(H,23,24);2-6,8,10H,7H2,1H3,(H,12,14). The van der Waals surface area contributed by atoms with Crippen LogP contribution in [0.3, 0.4) is 0 Å². The molecule has 0 aromatic heterocycles. The number of aliphatic carboxylic acids is 2. The molecule has 0 spiro atoms. The van der Waals surface area contributed by atoms with E-state index in [4.69, 9.17) is 25.4 Å². The Bertz CT molecular complexity index is 1140. The SMILES string of the molecule is CCCCCNC(=O)C(N)Cc1ccc(OCC(=O)O)c(OCC(=O)O)c1.COC(=O)NC(C=O)Cc1ccccc1. The average molecular weight is 590 g/mol. The highest BCUT2D eigenvalue weighted by molar-refractivity contribution is 5.81. The van der Waals surface area contributed by atoms with Crippen molar-refractivity contribution >= 4 is 30.2 Å². The lowest BCUT2D eigenvalue weighted by Gasteiger charge is -2.15. The molecule has 2 amide bonds. The van der Waals surface area contributed by atoms with Crippen LogP contribution in [0.25, 0.3) is 0 Å². The van der Waals surface area contributed by atoms with Crippen molar-refractivity contribution in [3.05, 3.63) is 59.7 Å². The van der Waals surface area contributed by atoms with Crippen LogP contribution in [0.4, 0.5) is 4.79 Å². The number of unbranched alkanes of at least 4 members (excludes halogenated alkanes) is 2. The van der Waals surface area contributed by atoms with E-state index in [1.807, 2.05) is 30.3 Å². The largest absolute Gasteiger partial charge is 0.479 e. The summed E-state index contributed by atoms with van der Waals surface area (Å²) in [6.45, 7) is 1.43. The van der Waals surface area contributed by atoms with Crippen molar-refractivity contribution in [3.63, 3.8) is 0 Å². The second-order valence-corrected chi connectivity index (χ2v) is 9.02. The molecule has 0 saturated carbocycles. The second kappa shape index (κ2) is 20.3. The van der Waals surface area contributed by atoms with Gasteiger partial charge in [-0.1, -0.05) is 56.2 Å². The summed E-state index contributed by atoms with van der Waals surface area (Å²) in [5.74, 6) is -2.46. The minimum absolute atomic E-state index is 0.0757. The van der Waals surface area contributed by atoms with Crippen LogP contribution < -0.4 is 25.8 Å². The molecule has 2 unspecified atom stereocenters. The normalized spacial score (nSPS) is 11.5. The smallest absolute Gasteiger partial charge is 0.407 e. The number of nitrogens with one attached hydrogen (secondary N) is 2. The van der Waals surface area contributed by atoms with Crippen LogP contribution >= 0.6 is 0 Å². The van der Waals surface area contributed by atoms with Gasteiger partial charge in [-0.25, -0.2) is 14.4 Å². The number of alkyl carbamates (subject to hydrolysis) is 1. The van der Waals surface area contributed by atoms with E-state index < -0.39 is 43.3 Å². The van der Waals surface area contributed by atoms with Crippen molar-refractivity contribution in [3.8, 4) is 11.5 Å². The maximum Gasteiger partial charge on any atom is 0.407 e. The summed E-state index contributed by atoms with van der Waals surface area (Å²) in [4.78, 5) is 54.9. The summed E-state index contributed by atoms with van der Waals surface area (Å²) in [5.41, 5.74) is 7.54. The molecule has 2 aromatic carbocycles. The Morgan fingerprint density at radius 1 is 0.905 bits per heavy atom. The summed E-state index contributed by atoms with van der Waals surface area (Å²) in [7, 11) is 1.26. The van der Waals surface area contributed by atoms with Gasteiger partial charge in [0.05, 0.1) is 19.2 Å². The quantitative estimate of drug-likeness (QED) is 0.133. The van der Waals surface area contributed by atoms with Crippen LogP contribution in [0.5, 0.6) is 11.5 Å². The molecule has 6 N–H and O–H groups in total. The molecule has 0 bridgehead atoms. The van der Waals surface area contributed by atoms with Crippen molar-refractivity contribution in [2.24, 2.45) is 5.73 Å².